The molecule has 1 aromatic carbocycles. The molecular weight excluding hydrogens is 475 g/mol. The molecule has 2 aromatic rings. The van der Waals surface area contributed by atoms with E-state index in [9.17, 15) is 22.8 Å². The van der Waals surface area contributed by atoms with Crippen LogP contribution in [-0.4, -0.2) is 83.6 Å². The number of hydrogen-bond acceptors (Lipinski definition) is 6. The number of piperazine rings is 1. The lowest BCUT2D eigenvalue weighted by molar-refractivity contribution is -0.137. The summed E-state index contributed by atoms with van der Waals surface area (Å²) in [5.74, 6) is -0.390. The number of hydrogen-bond donors (Lipinski definition) is 0. The van der Waals surface area contributed by atoms with Crippen molar-refractivity contribution in [1.82, 2.24) is 19.8 Å². The minimum atomic E-state index is -4.40. The highest BCUT2D eigenvalue weighted by Crippen LogP contribution is 2.32. The summed E-state index contributed by atoms with van der Waals surface area (Å²) < 4.78 is 44.8. The van der Waals surface area contributed by atoms with Gasteiger partial charge in [-0.25, -0.2) is 4.98 Å². The zero-order chi connectivity index (χ0) is 25.7. The third-order valence-corrected chi connectivity index (χ3v) is 6.50. The molecule has 194 valence electrons. The first kappa shape index (κ1) is 25.9. The summed E-state index contributed by atoms with van der Waals surface area (Å²) in [7, 11) is 0. The predicted octanol–water partition coefficient (Wildman–Crippen LogP) is 3.16. The lowest BCUT2D eigenvalue weighted by atomic mass is 10.1. The molecule has 2 saturated heterocycles. The van der Waals surface area contributed by atoms with Crippen LogP contribution in [0.4, 0.5) is 18.9 Å². The van der Waals surface area contributed by atoms with Gasteiger partial charge in [-0.2, -0.15) is 13.2 Å². The Bertz CT molecular complexity index is 1050. The van der Waals surface area contributed by atoms with Gasteiger partial charge in [-0.1, -0.05) is 6.07 Å². The fraction of sp³-hybridized carbons (Fsp3) is 0.520. The van der Waals surface area contributed by atoms with Crippen LogP contribution in [0.1, 0.15) is 41.0 Å². The quantitative estimate of drug-likeness (QED) is 0.575. The normalized spacial score (nSPS) is 18.4. The van der Waals surface area contributed by atoms with Crippen molar-refractivity contribution in [2.24, 2.45) is 0 Å². The Morgan fingerprint density at radius 1 is 1.14 bits per heavy atom. The zero-order valence-corrected chi connectivity index (χ0v) is 20.2. The van der Waals surface area contributed by atoms with Crippen molar-refractivity contribution in [2.75, 3.05) is 50.8 Å². The van der Waals surface area contributed by atoms with Gasteiger partial charge in [0, 0.05) is 64.2 Å². The van der Waals surface area contributed by atoms with Crippen molar-refractivity contribution in [2.45, 2.75) is 38.5 Å². The predicted molar refractivity (Wildman–Crippen MR) is 127 cm³/mol. The van der Waals surface area contributed by atoms with Crippen LogP contribution in [0, 0.1) is 6.92 Å². The first-order chi connectivity index (χ1) is 17.2. The number of halogens is 3. The lowest BCUT2D eigenvalue weighted by Gasteiger charge is -2.36. The third-order valence-electron chi connectivity index (χ3n) is 6.50. The van der Waals surface area contributed by atoms with Crippen molar-refractivity contribution < 1.29 is 27.5 Å². The lowest BCUT2D eigenvalue weighted by Crippen LogP contribution is -2.49. The molecule has 36 heavy (non-hydrogen) atoms. The van der Waals surface area contributed by atoms with Crippen molar-refractivity contribution in [3.63, 3.8) is 0 Å². The van der Waals surface area contributed by atoms with Gasteiger partial charge >= 0.3 is 6.18 Å². The van der Waals surface area contributed by atoms with Crippen LogP contribution in [-0.2, 0) is 15.7 Å². The molecule has 2 aliphatic rings. The Kier molecular flexibility index (Phi) is 8.07. The number of anilines is 1. The SMILES string of the molecule is Cc1cnc(C(=O)N(CCC(=O)N2CCN(c3cccc(C(F)(F)F)c3)CC2)CC2CCCO2)cn1. The molecular formula is C25H30F3N5O3. The first-order valence-corrected chi connectivity index (χ1v) is 12.1. The number of amides is 2. The van der Waals surface area contributed by atoms with Crippen LogP contribution in [0.5, 0.6) is 0 Å². The molecule has 11 heteroatoms. The average Bonchev–Trinajstić information content (AvgIpc) is 3.39. The number of ether oxygens (including phenoxy) is 1. The van der Waals surface area contributed by atoms with E-state index in [0.717, 1.165) is 25.0 Å². The molecule has 3 heterocycles. The number of carbonyl (C=O) groups excluding carboxylic acids is 2. The number of aromatic nitrogens is 2. The van der Waals surface area contributed by atoms with Gasteiger partial charge in [0.2, 0.25) is 5.91 Å². The molecule has 0 N–H and O–H groups in total. The minimum Gasteiger partial charge on any atom is -0.376 e. The molecule has 2 aliphatic heterocycles. The van der Waals surface area contributed by atoms with E-state index in [4.69, 9.17) is 4.74 Å². The van der Waals surface area contributed by atoms with E-state index in [2.05, 4.69) is 9.97 Å². The number of alkyl halides is 3. The van der Waals surface area contributed by atoms with Crippen LogP contribution >= 0.6 is 0 Å². The molecule has 2 fully saturated rings. The van der Waals surface area contributed by atoms with E-state index < -0.39 is 11.7 Å². The number of nitrogens with zero attached hydrogens (tertiary/aromatic N) is 5. The Balaban J connectivity index is 1.33. The van der Waals surface area contributed by atoms with E-state index in [0.29, 0.717) is 50.7 Å². The maximum atomic E-state index is 13.1. The molecule has 0 bridgehead atoms. The van der Waals surface area contributed by atoms with Crippen molar-refractivity contribution in [1.29, 1.82) is 0 Å². The monoisotopic (exact) mass is 505 g/mol. The molecule has 1 aromatic heterocycles. The Hall–Kier alpha value is -3.21. The molecule has 1 unspecified atom stereocenters. The topological polar surface area (TPSA) is 78.9 Å². The van der Waals surface area contributed by atoms with E-state index >= 15 is 0 Å². The second-order valence-corrected chi connectivity index (χ2v) is 9.10. The van der Waals surface area contributed by atoms with Crippen LogP contribution in [0.2, 0.25) is 0 Å². The number of aryl methyl sites for hydroxylation is 1. The maximum Gasteiger partial charge on any atom is 0.416 e. The van der Waals surface area contributed by atoms with Gasteiger partial charge in [-0.05, 0) is 38.0 Å². The van der Waals surface area contributed by atoms with Gasteiger partial charge in [0.05, 0.1) is 23.6 Å². The molecule has 0 saturated carbocycles. The van der Waals surface area contributed by atoms with E-state index in [1.54, 1.807) is 22.8 Å². The van der Waals surface area contributed by atoms with E-state index in [-0.39, 0.29) is 36.6 Å². The van der Waals surface area contributed by atoms with Crippen LogP contribution < -0.4 is 4.90 Å². The van der Waals surface area contributed by atoms with Crippen molar-refractivity contribution >= 4 is 17.5 Å². The summed E-state index contributed by atoms with van der Waals surface area (Å²) in [5, 5.41) is 0. The van der Waals surface area contributed by atoms with Gasteiger partial charge in [0.1, 0.15) is 5.69 Å². The van der Waals surface area contributed by atoms with Crippen molar-refractivity contribution in [3.05, 3.63) is 53.6 Å². The fourth-order valence-electron chi connectivity index (χ4n) is 4.46. The summed E-state index contributed by atoms with van der Waals surface area (Å²) in [6.07, 6.45) is 0.438. The largest absolute Gasteiger partial charge is 0.416 e. The van der Waals surface area contributed by atoms with Crippen LogP contribution in [0.15, 0.2) is 36.7 Å². The van der Waals surface area contributed by atoms with Crippen molar-refractivity contribution in [3.8, 4) is 0 Å². The molecule has 4 rings (SSSR count). The van der Waals surface area contributed by atoms with Gasteiger partial charge in [-0.15, -0.1) is 0 Å². The van der Waals surface area contributed by atoms with Gasteiger partial charge < -0.3 is 19.4 Å². The molecule has 2 amide bonds. The van der Waals surface area contributed by atoms with Gasteiger partial charge in [0.25, 0.3) is 5.91 Å². The minimum absolute atomic E-state index is 0.0709. The number of benzene rings is 1. The Labute approximate surface area is 208 Å². The fourth-order valence-corrected chi connectivity index (χ4v) is 4.46. The second-order valence-electron chi connectivity index (χ2n) is 9.10. The highest BCUT2D eigenvalue weighted by molar-refractivity contribution is 5.92. The standard InChI is InChI=1S/C25H30F3N5O3/c1-18-15-30-22(16-29-18)24(35)33(17-21-6-3-13-36-21)8-7-23(34)32-11-9-31(10-12-32)20-5-2-4-19(14-20)25(26,27)28/h2,4-5,14-16,21H,3,6-13,17H2,1H3. The highest BCUT2D eigenvalue weighted by atomic mass is 19.4. The Morgan fingerprint density at radius 3 is 2.56 bits per heavy atom. The van der Waals surface area contributed by atoms with Gasteiger partial charge in [0.15, 0.2) is 0 Å². The molecule has 1 atom stereocenters. The smallest absolute Gasteiger partial charge is 0.376 e. The molecule has 0 aliphatic carbocycles. The summed E-state index contributed by atoms with van der Waals surface area (Å²) in [5.41, 5.74) is 0.731. The average molecular weight is 506 g/mol. The van der Waals surface area contributed by atoms with Gasteiger partial charge in [-0.3, -0.25) is 14.6 Å². The summed E-state index contributed by atoms with van der Waals surface area (Å²) >= 11 is 0. The molecule has 8 nitrogen and oxygen atoms in total. The number of carbonyl (C=O) groups is 2. The van der Waals surface area contributed by atoms with Crippen LogP contribution in [0.25, 0.3) is 0 Å². The molecule has 0 radical (unpaired) electrons. The van der Waals surface area contributed by atoms with E-state index in [1.807, 2.05) is 4.90 Å². The zero-order valence-electron chi connectivity index (χ0n) is 20.2. The Morgan fingerprint density at radius 2 is 1.92 bits per heavy atom. The first-order valence-electron chi connectivity index (χ1n) is 12.1. The second kappa shape index (κ2) is 11.2. The summed E-state index contributed by atoms with van der Waals surface area (Å²) in [6.45, 7) is 4.72. The summed E-state index contributed by atoms with van der Waals surface area (Å²) in [4.78, 5) is 39.5. The highest BCUT2D eigenvalue weighted by Gasteiger charge is 2.31. The number of rotatable bonds is 7. The maximum absolute atomic E-state index is 13.1. The third kappa shape index (κ3) is 6.51. The van der Waals surface area contributed by atoms with Crippen LogP contribution in [0.3, 0.4) is 0 Å². The molecule has 0 spiro atoms. The van der Waals surface area contributed by atoms with E-state index in [1.165, 1.54) is 18.5 Å². The summed E-state index contributed by atoms with van der Waals surface area (Å²) in [6, 6.07) is 5.23.